The number of ether oxygens (including phenoxy) is 1. The SMILES string of the molecule is c1cc(CC2CCC2)ccc1CNc1cn(C2CCOC2)nn1. The molecule has 1 aliphatic heterocycles. The molecule has 4 rings (SSSR count). The monoisotopic (exact) mass is 312 g/mol. The molecule has 1 saturated carbocycles. The van der Waals surface area contributed by atoms with Gasteiger partial charge in [0.15, 0.2) is 5.82 Å². The summed E-state index contributed by atoms with van der Waals surface area (Å²) in [6.07, 6.45) is 8.47. The lowest BCUT2D eigenvalue weighted by Crippen LogP contribution is -2.13. The normalized spacial score (nSPS) is 21.3. The molecule has 1 aliphatic carbocycles. The Kier molecular flexibility index (Phi) is 4.28. The van der Waals surface area contributed by atoms with Crippen molar-refractivity contribution in [3.05, 3.63) is 41.6 Å². The Bertz CT molecular complexity index is 627. The minimum atomic E-state index is 0.337. The maximum Gasteiger partial charge on any atom is 0.168 e. The molecule has 0 spiro atoms. The van der Waals surface area contributed by atoms with Crippen molar-refractivity contribution in [3.8, 4) is 0 Å². The fraction of sp³-hybridized carbons (Fsp3) is 0.556. The average molecular weight is 312 g/mol. The van der Waals surface area contributed by atoms with Gasteiger partial charge in [0.1, 0.15) is 0 Å². The zero-order valence-electron chi connectivity index (χ0n) is 13.4. The molecule has 2 heterocycles. The first-order chi connectivity index (χ1) is 11.4. The van der Waals surface area contributed by atoms with Gasteiger partial charge < -0.3 is 10.1 Å². The first kappa shape index (κ1) is 14.7. The molecule has 1 saturated heterocycles. The van der Waals surface area contributed by atoms with E-state index in [-0.39, 0.29) is 0 Å². The second kappa shape index (κ2) is 6.71. The molecule has 0 amide bonds. The van der Waals surface area contributed by atoms with Gasteiger partial charge in [-0.15, -0.1) is 5.10 Å². The highest BCUT2D eigenvalue weighted by atomic mass is 16.5. The van der Waals surface area contributed by atoms with Gasteiger partial charge in [-0.1, -0.05) is 48.7 Å². The largest absolute Gasteiger partial charge is 0.379 e. The van der Waals surface area contributed by atoms with Crippen LogP contribution >= 0.6 is 0 Å². The van der Waals surface area contributed by atoms with Gasteiger partial charge in [0, 0.05) is 13.2 Å². The van der Waals surface area contributed by atoms with Crippen LogP contribution in [0.1, 0.15) is 42.9 Å². The van der Waals surface area contributed by atoms with Crippen LogP contribution in [-0.4, -0.2) is 28.2 Å². The number of benzene rings is 1. The maximum atomic E-state index is 5.39. The number of hydrogen-bond acceptors (Lipinski definition) is 4. The highest BCUT2D eigenvalue weighted by Gasteiger charge is 2.19. The van der Waals surface area contributed by atoms with Crippen molar-refractivity contribution < 1.29 is 4.74 Å². The Labute approximate surface area is 137 Å². The van der Waals surface area contributed by atoms with Crippen molar-refractivity contribution in [2.24, 2.45) is 5.92 Å². The van der Waals surface area contributed by atoms with Gasteiger partial charge in [-0.3, -0.25) is 0 Å². The van der Waals surface area contributed by atoms with Gasteiger partial charge in [0.25, 0.3) is 0 Å². The van der Waals surface area contributed by atoms with Crippen LogP contribution in [0.2, 0.25) is 0 Å². The minimum Gasteiger partial charge on any atom is -0.379 e. The van der Waals surface area contributed by atoms with E-state index >= 15 is 0 Å². The summed E-state index contributed by atoms with van der Waals surface area (Å²) < 4.78 is 7.31. The summed E-state index contributed by atoms with van der Waals surface area (Å²) in [6, 6.07) is 9.31. The molecule has 1 atom stereocenters. The number of nitrogens with one attached hydrogen (secondary N) is 1. The van der Waals surface area contributed by atoms with Gasteiger partial charge in [-0.25, -0.2) is 4.68 Å². The molecule has 0 radical (unpaired) electrons. The lowest BCUT2D eigenvalue weighted by molar-refractivity contribution is 0.184. The second-order valence-electron chi connectivity index (χ2n) is 6.77. The summed E-state index contributed by atoms with van der Waals surface area (Å²) in [5.41, 5.74) is 2.74. The van der Waals surface area contributed by atoms with Crippen LogP contribution in [0.4, 0.5) is 5.82 Å². The predicted molar refractivity (Wildman–Crippen MR) is 89.3 cm³/mol. The third-order valence-electron chi connectivity index (χ3n) is 5.04. The molecule has 2 fully saturated rings. The second-order valence-corrected chi connectivity index (χ2v) is 6.77. The van der Waals surface area contributed by atoms with Crippen LogP contribution < -0.4 is 5.32 Å². The van der Waals surface area contributed by atoms with Crippen molar-refractivity contribution in [1.82, 2.24) is 15.0 Å². The van der Waals surface area contributed by atoms with Crippen LogP contribution in [0.3, 0.4) is 0 Å². The van der Waals surface area contributed by atoms with Crippen molar-refractivity contribution in [2.45, 2.75) is 44.7 Å². The van der Waals surface area contributed by atoms with E-state index in [1.807, 2.05) is 10.9 Å². The van der Waals surface area contributed by atoms with E-state index in [0.29, 0.717) is 6.04 Å². The molecule has 5 heteroatoms. The fourth-order valence-corrected chi connectivity index (χ4v) is 3.28. The number of nitrogens with zero attached hydrogens (tertiary/aromatic N) is 3. The molecule has 122 valence electrons. The van der Waals surface area contributed by atoms with Crippen LogP contribution in [0.15, 0.2) is 30.5 Å². The van der Waals surface area contributed by atoms with Crippen molar-refractivity contribution >= 4 is 5.82 Å². The molecule has 1 N–H and O–H groups in total. The van der Waals surface area contributed by atoms with Crippen LogP contribution in [-0.2, 0) is 17.7 Å². The van der Waals surface area contributed by atoms with Crippen molar-refractivity contribution in [2.75, 3.05) is 18.5 Å². The van der Waals surface area contributed by atoms with E-state index in [9.17, 15) is 0 Å². The summed E-state index contributed by atoms with van der Waals surface area (Å²) in [4.78, 5) is 0. The van der Waals surface area contributed by atoms with Crippen molar-refractivity contribution in [3.63, 3.8) is 0 Å². The number of anilines is 1. The molecular formula is C18H24N4O. The lowest BCUT2D eigenvalue weighted by atomic mass is 9.81. The number of hydrogen-bond donors (Lipinski definition) is 1. The molecule has 2 aliphatic rings. The molecule has 1 aromatic carbocycles. The molecule has 0 bridgehead atoms. The summed E-state index contributed by atoms with van der Waals surface area (Å²) in [5.74, 6) is 1.75. The van der Waals surface area contributed by atoms with Crippen LogP contribution in [0, 0.1) is 5.92 Å². The Hall–Kier alpha value is -1.88. The predicted octanol–water partition coefficient (Wildman–Crippen LogP) is 3.19. The van der Waals surface area contributed by atoms with Gasteiger partial charge in [-0.2, -0.15) is 0 Å². The van der Waals surface area contributed by atoms with E-state index in [0.717, 1.165) is 37.9 Å². The standard InChI is InChI=1S/C18H24N4O/c1-2-14(3-1)10-15-4-6-16(7-5-15)11-19-18-12-22(21-20-18)17-8-9-23-13-17/h4-7,12,14,17,19H,1-3,8-11,13H2. The first-order valence-electron chi connectivity index (χ1n) is 8.68. The van der Waals surface area contributed by atoms with Crippen LogP contribution in [0.25, 0.3) is 0 Å². The zero-order valence-corrected chi connectivity index (χ0v) is 13.4. The third kappa shape index (κ3) is 3.55. The Morgan fingerprint density at radius 1 is 1.13 bits per heavy atom. The Morgan fingerprint density at radius 3 is 2.65 bits per heavy atom. The lowest BCUT2D eigenvalue weighted by Gasteiger charge is -2.25. The zero-order chi connectivity index (χ0) is 15.5. The summed E-state index contributed by atoms with van der Waals surface area (Å²) >= 11 is 0. The van der Waals surface area contributed by atoms with E-state index < -0.39 is 0 Å². The molecule has 2 aromatic rings. The Morgan fingerprint density at radius 2 is 1.96 bits per heavy atom. The van der Waals surface area contributed by atoms with E-state index in [2.05, 4.69) is 39.9 Å². The molecule has 1 aromatic heterocycles. The summed E-state index contributed by atoms with van der Waals surface area (Å²) in [7, 11) is 0. The van der Waals surface area contributed by atoms with Gasteiger partial charge in [0.2, 0.25) is 0 Å². The van der Waals surface area contributed by atoms with Crippen LogP contribution in [0.5, 0.6) is 0 Å². The topological polar surface area (TPSA) is 52.0 Å². The highest BCUT2D eigenvalue weighted by Crippen LogP contribution is 2.29. The Balaban J connectivity index is 1.29. The average Bonchev–Trinajstić information content (AvgIpc) is 3.21. The highest BCUT2D eigenvalue weighted by molar-refractivity contribution is 5.32. The molecule has 5 nitrogen and oxygen atoms in total. The molecular weight excluding hydrogens is 288 g/mol. The third-order valence-corrected chi connectivity index (χ3v) is 5.04. The van der Waals surface area contributed by atoms with Gasteiger partial charge >= 0.3 is 0 Å². The quantitative estimate of drug-likeness (QED) is 0.890. The number of rotatable bonds is 6. The van der Waals surface area contributed by atoms with Crippen molar-refractivity contribution in [1.29, 1.82) is 0 Å². The first-order valence-corrected chi connectivity index (χ1v) is 8.68. The van der Waals surface area contributed by atoms with E-state index in [1.54, 1.807) is 0 Å². The van der Waals surface area contributed by atoms with Gasteiger partial charge in [-0.05, 0) is 29.9 Å². The maximum absolute atomic E-state index is 5.39. The number of aromatic nitrogens is 3. The minimum absolute atomic E-state index is 0.337. The van der Waals surface area contributed by atoms with E-state index in [4.69, 9.17) is 4.74 Å². The summed E-state index contributed by atoms with van der Waals surface area (Å²) in [6.45, 7) is 2.34. The smallest absolute Gasteiger partial charge is 0.168 e. The van der Waals surface area contributed by atoms with Gasteiger partial charge in [0.05, 0.1) is 18.8 Å². The summed E-state index contributed by atoms with van der Waals surface area (Å²) in [5, 5.41) is 11.7. The van der Waals surface area contributed by atoms with E-state index in [1.165, 1.54) is 36.8 Å². The molecule has 1 unspecified atom stereocenters. The fourth-order valence-electron chi connectivity index (χ4n) is 3.28. The molecule has 23 heavy (non-hydrogen) atoms.